The number of ether oxygens (including phenoxy) is 1. The number of carbonyl (C=O) groups is 3. The number of phenols is 2. The third kappa shape index (κ3) is 9.25. The van der Waals surface area contributed by atoms with Crippen LogP contribution in [0.3, 0.4) is 0 Å². The van der Waals surface area contributed by atoms with Gasteiger partial charge in [0.1, 0.15) is 29.2 Å². The van der Waals surface area contributed by atoms with Crippen molar-refractivity contribution in [3.8, 4) is 11.5 Å². The molecule has 0 spiro atoms. The summed E-state index contributed by atoms with van der Waals surface area (Å²) in [7, 11) is 0. The third-order valence-corrected chi connectivity index (χ3v) is 6.09. The van der Waals surface area contributed by atoms with E-state index in [0.717, 1.165) is 10.5 Å². The molecule has 10 heteroatoms. The lowest BCUT2D eigenvalue weighted by Crippen LogP contribution is -2.54. The first-order valence-corrected chi connectivity index (χ1v) is 13.3. The number of benzene rings is 3. The fourth-order valence-electron chi connectivity index (χ4n) is 4.24. The summed E-state index contributed by atoms with van der Waals surface area (Å²) in [5.74, 6) is -1.44. The molecule has 3 aromatic carbocycles. The maximum Gasteiger partial charge on any atom is 0.408 e. The Labute approximate surface area is 239 Å². The zero-order chi connectivity index (χ0) is 30.0. The normalized spacial score (nSPS) is 12.6. The molecule has 0 saturated carbocycles. The van der Waals surface area contributed by atoms with Crippen LogP contribution in [0.2, 0.25) is 0 Å². The van der Waals surface area contributed by atoms with E-state index in [4.69, 9.17) is 4.74 Å². The molecule has 2 atom stereocenters. The first kappa shape index (κ1) is 31.0. The van der Waals surface area contributed by atoms with E-state index < -0.39 is 42.2 Å². The summed E-state index contributed by atoms with van der Waals surface area (Å²) < 4.78 is 5.38. The predicted octanol–water partition coefficient (Wildman–Crippen LogP) is 3.41. The molecule has 41 heavy (non-hydrogen) atoms. The van der Waals surface area contributed by atoms with Gasteiger partial charge in [-0.15, -0.1) is 0 Å². The Bertz CT molecular complexity index is 1310. The largest absolute Gasteiger partial charge is 0.508 e. The summed E-state index contributed by atoms with van der Waals surface area (Å²) in [5.41, 5.74) is 0.763. The fraction of sp³-hybridized carbons (Fsp3) is 0.323. The third-order valence-electron chi connectivity index (χ3n) is 6.09. The van der Waals surface area contributed by atoms with Gasteiger partial charge in [-0.2, -0.15) is 0 Å². The molecule has 10 nitrogen and oxygen atoms in total. The topological polar surface area (TPSA) is 148 Å². The quantitative estimate of drug-likeness (QED) is 0.240. The van der Waals surface area contributed by atoms with Crippen LogP contribution in [0.4, 0.5) is 4.79 Å². The van der Waals surface area contributed by atoms with Crippen molar-refractivity contribution in [1.29, 1.82) is 0 Å². The summed E-state index contributed by atoms with van der Waals surface area (Å²) in [5, 5.41) is 35.8. The molecule has 0 saturated heterocycles. The number of nitrogens with one attached hydrogen (secondary N) is 2. The van der Waals surface area contributed by atoms with E-state index in [1.165, 1.54) is 24.3 Å². The summed E-state index contributed by atoms with van der Waals surface area (Å²) in [4.78, 5) is 41.7. The van der Waals surface area contributed by atoms with Crippen molar-refractivity contribution in [2.75, 3.05) is 13.2 Å². The number of para-hydroxylation sites is 1. The van der Waals surface area contributed by atoms with E-state index in [1.54, 1.807) is 45.0 Å². The van der Waals surface area contributed by atoms with Crippen LogP contribution in [0.5, 0.6) is 11.5 Å². The number of aliphatic hydroxyl groups excluding tert-OH is 1. The van der Waals surface area contributed by atoms with Gasteiger partial charge in [0.05, 0.1) is 6.61 Å². The highest BCUT2D eigenvalue weighted by molar-refractivity contribution is 5.92. The molecule has 5 N–H and O–H groups in total. The molecule has 0 fully saturated rings. The van der Waals surface area contributed by atoms with Gasteiger partial charge in [-0.1, -0.05) is 60.7 Å². The van der Waals surface area contributed by atoms with Crippen LogP contribution in [-0.2, 0) is 27.3 Å². The lowest BCUT2D eigenvalue weighted by atomic mass is 9.99. The highest BCUT2D eigenvalue weighted by atomic mass is 16.6. The van der Waals surface area contributed by atoms with Crippen molar-refractivity contribution in [3.05, 3.63) is 95.6 Å². The smallest absolute Gasteiger partial charge is 0.408 e. The molecule has 0 aliphatic carbocycles. The van der Waals surface area contributed by atoms with Gasteiger partial charge in [-0.25, -0.2) is 4.79 Å². The van der Waals surface area contributed by atoms with E-state index in [2.05, 4.69) is 10.6 Å². The van der Waals surface area contributed by atoms with E-state index in [1.807, 2.05) is 30.3 Å². The molecule has 3 rings (SSSR count). The van der Waals surface area contributed by atoms with Gasteiger partial charge in [0.25, 0.3) is 0 Å². The van der Waals surface area contributed by atoms with Gasteiger partial charge in [0.2, 0.25) is 11.8 Å². The van der Waals surface area contributed by atoms with Crippen molar-refractivity contribution in [1.82, 2.24) is 15.5 Å². The van der Waals surface area contributed by atoms with Crippen molar-refractivity contribution < 1.29 is 34.4 Å². The number of hydrogen-bond acceptors (Lipinski definition) is 7. The van der Waals surface area contributed by atoms with E-state index in [0.29, 0.717) is 5.56 Å². The number of rotatable bonds is 11. The number of aromatic hydroxyl groups is 2. The van der Waals surface area contributed by atoms with Gasteiger partial charge in [-0.3, -0.25) is 9.59 Å². The Kier molecular flexibility index (Phi) is 10.7. The van der Waals surface area contributed by atoms with Crippen LogP contribution in [0.1, 0.15) is 43.5 Å². The lowest BCUT2D eigenvalue weighted by Gasteiger charge is -2.34. The van der Waals surface area contributed by atoms with Gasteiger partial charge in [-0.05, 0) is 50.1 Å². The number of nitrogens with zero attached hydrogens (tertiary/aromatic N) is 1. The molecule has 218 valence electrons. The zero-order valence-corrected chi connectivity index (χ0v) is 23.4. The highest BCUT2D eigenvalue weighted by Crippen LogP contribution is 2.30. The number of aliphatic hydroxyl groups is 1. The van der Waals surface area contributed by atoms with Crippen molar-refractivity contribution >= 4 is 17.9 Å². The second-order valence-electron chi connectivity index (χ2n) is 10.5. The maximum absolute atomic E-state index is 14.1. The van der Waals surface area contributed by atoms with Crippen LogP contribution in [0.15, 0.2) is 78.9 Å². The standard InChI is InChI=1S/C31H37N3O7/c1-31(2,3)41-30(40)33-25(19-21-13-15-23(36)16-14-21)29(39)34(17-18-35)27(24-11-7-8-12-26(24)37)28(38)32-20-22-9-5-4-6-10-22/h4-16,25,27,35-37H,17-20H2,1-3H3,(H,32,38)(H,33,40). The molecule has 0 aromatic heterocycles. The molecular formula is C31H37N3O7. The lowest BCUT2D eigenvalue weighted by molar-refractivity contribution is -0.143. The molecule has 0 bridgehead atoms. The monoisotopic (exact) mass is 563 g/mol. The van der Waals surface area contributed by atoms with E-state index >= 15 is 0 Å². The Balaban J connectivity index is 1.99. The first-order valence-electron chi connectivity index (χ1n) is 13.3. The number of carbonyl (C=O) groups excluding carboxylic acids is 3. The van der Waals surface area contributed by atoms with Crippen LogP contribution in [0.25, 0.3) is 0 Å². The molecule has 3 aromatic rings. The van der Waals surface area contributed by atoms with Gasteiger partial charge >= 0.3 is 6.09 Å². The van der Waals surface area contributed by atoms with Gasteiger partial charge in [0, 0.05) is 25.1 Å². The molecule has 3 amide bonds. The number of amides is 3. The summed E-state index contributed by atoms with van der Waals surface area (Å²) in [6.45, 7) is 4.48. The number of phenolic OH excluding ortho intramolecular Hbond substituents is 2. The maximum atomic E-state index is 14.1. The van der Waals surface area contributed by atoms with Gasteiger partial charge < -0.3 is 35.6 Å². The number of alkyl carbamates (subject to hydrolysis) is 1. The van der Waals surface area contributed by atoms with Crippen molar-refractivity contribution in [3.63, 3.8) is 0 Å². The Morgan fingerprint density at radius 3 is 2.12 bits per heavy atom. The Morgan fingerprint density at radius 2 is 1.51 bits per heavy atom. The molecule has 0 aliphatic heterocycles. The average molecular weight is 564 g/mol. The molecule has 2 unspecified atom stereocenters. The second-order valence-corrected chi connectivity index (χ2v) is 10.5. The minimum absolute atomic E-state index is 0.000584. The molecule has 0 radical (unpaired) electrons. The van der Waals surface area contributed by atoms with Crippen LogP contribution in [-0.4, -0.2) is 62.9 Å². The summed E-state index contributed by atoms with van der Waals surface area (Å²) in [6.07, 6.45) is -0.842. The second kappa shape index (κ2) is 14.2. The minimum atomic E-state index is -1.33. The molecule has 0 heterocycles. The Morgan fingerprint density at radius 1 is 0.878 bits per heavy atom. The highest BCUT2D eigenvalue weighted by Gasteiger charge is 2.37. The zero-order valence-electron chi connectivity index (χ0n) is 23.4. The van der Waals surface area contributed by atoms with E-state index in [-0.39, 0.29) is 36.6 Å². The van der Waals surface area contributed by atoms with Crippen LogP contribution >= 0.6 is 0 Å². The summed E-state index contributed by atoms with van der Waals surface area (Å²) in [6, 6.07) is 18.9. The van der Waals surface area contributed by atoms with Gasteiger partial charge in [0.15, 0.2) is 0 Å². The fourth-order valence-corrected chi connectivity index (χ4v) is 4.24. The average Bonchev–Trinajstić information content (AvgIpc) is 2.92. The predicted molar refractivity (Wildman–Crippen MR) is 153 cm³/mol. The first-order chi connectivity index (χ1) is 19.5. The van der Waals surface area contributed by atoms with Crippen LogP contribution in [0, 0.1) is 0 Å². The Hall–Kier alpha value is -4.57. The summed E-state index contributed by atoms with van der Waals surface area (Å²) >= 11 is 0. The molecular weight excluding hydrogens is 526 g/mol. The SMILES string of the molecule is CC(C)(C)OC(=O)NC(Cc1ccc(O)cc1)C(=O)N(CCO)C(C(=O)NCc1ccccc1)c1ccccc1O. The van der Waals surface area contributed by atoms with Crippen molar-refractivity contribution in [2.45, 2.75) is 51.4 Å². The number of hydrogen-bond donors (Lipinski definition) is 5. The minimum Gasteiger partial charge on any atom is -0.508 e. The van der Waals surface area contributed by atoms with Crippen molar-refractivity contribution in [2.24, 2.45) is 0 Å². The van der Waals surface area contributed by atoms with E-state index in [9.17, 15) is 29.7 Å². The molecule has 0 aliphatic rings. The van der Waals surface area contributed by atoms with Crippen LogP contribution < -0.4 is 10.6 Å².